The number of nitrogens with zero attached hydrogens (tertiary/aromatic N) is 2. The molecule has 0 bridgehead atoms. The third-order valence-corrected chi connectivity index (χ3v) is 8.79. The Hall–Kier alpha value is -3.91. The van der Waals surface area contributed by atoms with Crippen LogP contribution < -0.4 is 5.43 Å². The number of nitrogens with one attached hydrogen (secondary N) is 1. The number of carbonyl (C=O) groups is 1. The minimum absolute atomic E-state index is 0.194. The Balaban J connectivity index is 1.52. The molecule has 0 fully saturated rings. The number of fused-ring (bicyclic) bond motifs is 1. The minimum Gasteiger partial charge on any atom is -0.507 e. The molecule has 7 nitrogen and oxygen atoms in total. The molecule has 0 radical (unpaired) electrons. The second kappa shape index (κ2) is 11.2. The first-order chi connectivity index (χ1) is 19.1. The van der Waals surface area contributed by atoms with Gasteiger partial charge in [-0.05, 0) is 59.1 Å². The molecule has 0 saturated carbocycles. The Labute approximate surface area is 243 Å². The van der Waals surface area contributed by atoms with E-state index in [4.69, 9.17) is 0 Å². The van der Waals surface area contributed by atoms with Crippen molar-refractivity contribution in [3.63, 3.8) is 0 Å². The number of hydrogen-bond donors (Lipinski definition) is 2. The number of hydrogen-bond acceptors (Lipinski definition) is 5. The van der Waals surface area contributed by atoms with Crippen molar-refractivity contribution in [3.8, 4) is 5.75 Å². The lowest BCUT2D eigenvalue weighted by Crippen LogP contribution is -2.20. The summed E-state index contributed by atoms with van der Waals surface area (Å²) in [4.78, 5) is 12.9. The van der Waals surface area contributed by atoms with E-state index in [1.54, 1.807) is 36.4 Å². The summed E-state index contributed by atoms with van der Waals surface area (Å²) in [6.45, 7) is 14.3. The van der Waals surface area contributed by atoms with Gasteiger partial charge in [0.15, 0.2) is 0 Å². The van der Waals surface area contributed by atoms with Crippen LogP contribution in [0.25, 0.3) is 10.9 Å². The molecule has 0 atom stereocenters. The number of aryl methyl sites for hydroxylation is 2. The van der Waals surface area contributed by atoms with Gasteiger partial charge in [0.1, 0.15) is 5.75 Å². The van der Waals surface area contributed by atoms with Crippen molar-refractivity contribution in [2.45, 2.75) is 77.0 Å². The van der Waals surface area contributed by atoms with Gasteiger partial charge in [0, 0.05) is 23.6 Å². The van der Waals surface area contributed by atoms with Crippen LogP contribution in [0.15, 0.2) is 76.9 Å². The number of hydrazone groups is 1. The van der Waals surface area contributed by atoms with E-state index in [0.717, 1.165) is 22.3 Å². The number of phenols is 1. The van der Waals surface area contributed by atoms with Crippen LogP contribution >= 0.6 is 0 Å². The molecular weight excluding hydrogens is 534 g/mol. The van der Waals surface area contributed by atoms with Crippen LogP contribution in [0.1, 0.15) is 75.8 Å². The molecule has 8 heteroatoms. The van der Waals surface area contributed by atoms with E-state index in [1.807, 2.05) is 31.2 Å². The van der Waals surface area contributed by atoms with Gasteiger partial charge in [-0.25, -0.2) is 17.8 Å². The van der Waals surface area contributed by atoms with Crippen molar-refractivity contribution in [1.29, 1.82) is 0 Å². The summed E-state index contributed by atoms with van der Waals surface area (Å²) in [6.07, 6.45) is 3.69. The lowest BCUT2D eigenvalue weighted by Gasteiger charge is -2.28. The maximum absolute atomic E-state index is 13.4. The molecule has 0 aliphatic carbocycles. The van der Waals surface area contributed by atoms with Crippen LogP contribution in [-0.4, -0.2) is 29.6 Å². The minimum atomic E-state index is -3.82. The molecule has 0 unspecified atom stereocenters. The second-order valence-corrected chi connectivity index (χ2v) is 14.4. The number of aromatic hydroxyl groups is 1. The number of benzene rings is 3. The van der Waals surface area contributed by atoms with Gasteiger partial charge in [-0.3, -0.25) is 4.79 Å². The lowest BCUT2D eigenvalue weighted by atomic mass is 9.78. The predicted molar refractivity (Wildman–Crippen MR) is 165 cm³/mol. The van der Waals surface area contributed by atoms with Crippen LogP contribution in [0, 0.1) is 6.92 Å². The van der Waals surface area contributed by atoms with Crippen molar-refractivity contribution < 1.29 is 18.3 Å². The Morgan fingerprint density at radius 2 is 1.54 bits per heavy atom. The van der Waals surface area contributed by atoms with Gasteiger partial charge in [0.05, 0.1) is 16.6 Å². The highest BCUT2D eigenvalue weighted by atomic mass is 32.2. The van der Waals surface area contributed by atoms with Gasteiger partial charge in [0.2, 0.25) is 5.91 Å². The molecule has 4 rings (SSSR count). The predicted octanol–water partition coefficient (Wildman–Crippen LogP) is 6.57. The zero-order chi connectivity index (χ0) is 30.2. The Bertz CT molecular complexity index is 1680. The van der Waals surface area contributed by atoms with Crippen molar-refractivity contribution in [1.82, 2.24) is 9.40 Å². The summed E-state index contributed by atoms with van der Waals surface area (Å²) < 4.78 is 28.1. The van der Waals surface area contributed by atoms with Gasteiger partial charge >= 0.3 is 0 Å². The molecule has 0 saturated heterocycles. The molecule has 3 aromatic carbocycles. The molecular formula is C33H39N3O4S. The van der Waals surface area contributed by atoms with Crippen LogP contribution in [0.4, 0.5) is 0 Å². The summed E-state index contributed by atoms with van der Waals surface area (Å²) in [5.74, 6) is 0.0475. The Morgan fingerprint density at radius 3 is 2.12 bits per heavy atom. The van der Waals surface area contributed by atoms with Crippen LogP contribution in [0.2, 0.25) is 0 Å². The van der Waals surface area contributed by atoms with Crippen molar-refractivity contribution in [2.24, 2.45) is 5.10 Å². The number of aromatic nitrogens is 1. The fourth-order valence-corrected chi connectivity index (χ4v) is 6.15. The van der Waals surface area contributed by atoms with E-state index in [2.05, 4.69) is 52.1 Å². The molecule has 0 aliphatic rings. The lowest BCUT2D eigenvalue weighted by molar-refractivity contribution is -0.121. The van der Waals surface area contributed by atoms with Crippen LogP contribution in [-0.2, 0) is 32.1 Å². The number of rotatable bonds is 7. The number of para-hydroxylation sites is 1. The van der Waals surface area contributed by atoms with Gasteiger partial charge in [-0.1, -0.05) is 89.6 Å². The van der Waals surface area contributed by atoms with Gasteiger partial charge in [-0.2, -0.15) is 5.10 Å². The zero-order valence-electron chi connectivity index (χ0n) is 24.8. The quantitative estimate of drug-likeness (QED) is 0.193. The summed E-state index contributed by atoms with van der Waals surface area (Å²) in [7, 11) is -3.82. The zero-order valence-corrected chi connectivity index (χ0v) is 25.6. The monoisotopic (exact) mass is 573 g/mol. The number of phenolic OH excluding ortho intramolecular Hbond substituents is 1. The average Bonchev–Trinajstić information content (AvgIpc) is 3.26. The molecule has 0 aliphatic heterocycles. The smallest absolute Gasteiger partial charge is 0.268 e. The normalized spacial score (nSPS) is 12.8. The SMILES string of the molecule is Cc1ccc(S(=O)(=O)n2cc(/C=N/NC(=O)CCc3cc(C(C)(C)C)c(O)c(C(C)(C)C)c3)c3ccccc32)cc1. The van der Waals surface area contributed by atoms with Crippen molar-refractivity contribution in [3.05, 3.63) is 94.7 Å². The first-order valence-electron chi connectivity index (χ1n) is 13.7. The molecule has 216 valence electrons. The summed E-state index contributed by atoms with van der Waals surface area (Å²) in [5.41, 5.74) is 6.83. The van der Waals surface area contributed by atoms with E-state index < -0.39 is 10.0 Å². The van der Waals surface area contributed by atoms with E-state index in [-0.39, 0.29) is 28.1 Å². The first-order valence-corrected chi connectivity index (χ1v) is 15.1. The molecule has 2 N–H and O–H groups in total. The topological polar surface area (TPSA) is 101 Å². The highest BCUT2D eigenvalue weighted by molar-refractivity contribution is 7.90. The fraction of sp³-hybridized carbons (Fsp3) is 0.333. The standard InChI is InChI=1S/C33H39N3O4S/c1-22-12-15-25(16-13-22)41(39,40)36-21-24(26-10-8-9-11-29(26)36)20-34-35-30(37)17-14-23-18-27(32(2,3)4)31(38)28(19-23)33(5,6)7/h8-13,15-16,18-21,38H,14,17H2,1-7H3,(H,35,37)/b34-20+. The average molecular weight is 574 g/mol. The van der Waals surface area contributed by atoms with Crippen LogP contribution in [0.3, 0.4) is 0 Å². The van der Waals surface area contributed by atoms with E-state index in [9.17, 15) is 18.3 Å². The van der Waals surface area contributed by atoms with Crippen molar-refractivity contribution >= 4 is 33.0 Å². The van der Waals surface area contributed by atoms with Gasteiger partial charge < -0.3 is 5.11 Å². The third-order valence-electron chi connectivity index (χ3n) is 7.11. The van der Waals surface area contributed by atoms with Gasteiger partial charge in [0.25, 0.3) is 10.0 Å². The molecule has 1 heterocycles. The number of amides is 1. The van der Waals surface area contributed by atoms with Crippen LogP contribution in [0.5, 0.6) is 5.75 Å². The summed E-state index contributed by atoms with van der Waals surface area (Å²) >= 11 is 0. The van der Waals surface area contributed by atoms with Gasteiger partial charge in [-0.15, -0.1) is 0 Å². The summed E-state index contributed by atoms with van der Waals surface area (Å²) in [5, 5.41) is 15.8. The van der Waals surface area contributed by atoms with Crippen molar-refractivity contribution in [2.75, 3.05) is 0 Å². The highest BCUT2D eigenvalue weighted by Gasteiger charge is 2.26. The van der Waals surface area contributed by atoms with E-state index in [1.165, 1.54) is 16.4 Å². The Morgan fingerprint density at radius 1 is 0.951 bits per heavy atom. The summed E-state index contributed by atoms with van der Waals surface area (Å²) in [6, 6.07) is 17.9. The molecule has 1 amide bonds. The molecule has 1 aromatic heterocycles. The number of carbonyl (C=O) groups excluding carboxylic acids is 1. The third kappa shape index (κ3) is 6.54. The molecule has 41 heavy (non-hydrogen) atoms. The fourth-order valence-electron chi connectivity index (χ4n) is 4.77. The maximum atomic E-state index is 13.4. The van der Waals surface area contributed by atoms with E-state index in [0.29, 0.717) is 28.6 Å². The largest absolute Gasteiger partial charge is 0.507 e. The Kier molecular flexibility index (Phi) is 8.18. The highest BCUT2D eigenvalue weighted by Crippen LogP contribution is 2.40. The maximum Gasteiger partial charge on any atom is 0.268 e. The molecule has 0 spiro atoms. The first kappa shape index (κ1) is 30.1. The second-order valence-electron chi connectivity index (χ2n) is 12.5. The molecule has 4 aromatic rings. The van der Waals surface area contributed by atoms with E-state index >= 15 is 0 Å².